The third kappa shape index (κ3) is 3.53. The van der Waals surface area contributed by atoms with Crippen LogP contribution in [0.5, 0.6) is 0 Å². The second-order valence-corrected chi connectivity index (χ2v) is 12.2. The van der Waals surface area contributed by atoms with Crippen LogP contribution in [0.4, 0.5) is 13.2 Å². The Hall–Kier alpha value is -0.980. The predicted octanol–water partition coefficient (Wildman–Crippen LogP) is 6.73. The highest BCUT2D eigenvalue weighted by Gasteiger charge is 2.59. The van der Waals surface area contributed by atoms with Crippen molar-refractivity contribution in [1.82, 2.24) is 0 Å². The smallest absolute Gasteiger partial charge is 0.380 e. The normalized spacial score (nSPS) is 42.1. The van der Waals surface area contributed by atoms with Gasteiger partial charge in [-0.3, -0.25) is 0 Å². The van der Waals surface area contributed by atoms with Crippen molar-refractivity contribution in [2.75, 3.05) is 0 Å². The Balaban J connectivity index is 1.61. The zero-order chi connectivity index (χ0) is 21.9. The highest BCUT2D eigenvalue weighted by atomic mass is 32.2. The molecule has 30 heavy (non-hydrogen) atoms. The number of alkyl halides is 3. The van der Waals surface area contributed by atoms with E-state index in [1.807, 2.05) is 6.92 Å². The Morgan fingerprint density at radius 3 is 2.47 bits per heavy atom. The topological polar surface area (TPSA) is 43.4 Å². The van der Waals surface area contributed by atoms with Crippen molar-refractivity contribution >= 4 is 10.1 Å². The standard InChI is InChI=1S/C23H33F3O3S/c1-15-4-5-16-6-7-18-11-13-22(3)19(21(18,2)12-10-17(16)14-15)8-9-20(22)29-30(27,28)23(24,25)26/h9-10,15-16,18-19H,4-8,11-14H2,1-3H3/t15-,16-,18?,19?,21+,22-/m0/s1. The van der Waals surface area contributed by atoms with E-state index >= 15 is 0 Å². The molecule has 4 aliphatic carbocycles. The molecule has 3 nitrogen and oxygen atoms in total. The van der Waals surface area contributed by atoms with Crippen LogP contribution in [0.3, 0.4) is 0 Å². The fourth-order valence-electron chi connectivity index (χ4n) is 7.03. The van der Waals surface area contributed by atoms with Gasteiger partial charge in [-0.2, -0.15) is 21.6 Å². The van der Waals surface area contributed by atoms with Gasteiger partial charge in [0, 0.05) is 5.41 Å². The van der Waals surface area contributed by atoms with Crippen molar-refractivity contribution in [2.24, 2.45) is 34.5 Å². The Morgan fingerprint density at radius 2 is 1.77 bits per heavy atom. The lowest BCUT2D eigenvalue weighted by molar-refractivity contribution is -0.0616. The fourth-order valence-corrected chi connectivity index (χ4v) is 7.61. The summed E-state index contributed by atoms with van der Waals surface area (Å²) in [5.74, 6) is 2.02. The Morgan fingerprint density at radius 1 is 1.07 bits per heavy atom. The van der Waals surface area contributed by atoms with Gasteiger partial charge in [0.1, 0.15) is 5.76 Å². The molecule has 2 saturated carbocycles. The zero-order valence-corrected chi connectivity index (χ0v) is 18.9. The van der Waals surface area contributed by atoms with Gasteiger partial charge in [0.05, 0.1) is 0 Å². The van der Waals surface area contributed by atoms with Crippen molar-refractivity contribution in [3.05, 3.63) is 23.5 Å². The highest BCUT2D eigenvalue weighted by molar-refractivity contribution is 7.87. The van der Waals surface area contributed by atoms with Crippen molar-refractivity contribution in [3.8, 4) is 0 Å². The van der Waals surface area contributed by atoms with Crippen LogP contribution in [0.1, 0.15) is 78.6 Å². The van der Waals surface area contributed by atoms with Crippen molar-refractivity contribution in [3.63, 3.8) is 0 Å². The van der Waals surface area contributed by atoms with Crippen LogP contribution in [0.15, 0.2) is 23.5 Å². The van der Waals surface area contributed by atoms with Gasteiger partial charge in [-0.05, 0) is 93.0 Å². The Bertz CT molecular complexity index is 859. The molecule has 0 aromatic heterocycles. The molecular weight excluding hydrogens is 413 g/mol. The summed E-state index contributed by atoms with van der Waals surface area (Å²) in [6.45, 7) is 6.49. The van der Waals surface area contributed by atoms with E-state index in [2.05, 4.69) is 19.9 Å². The number of allylic oxidation sites excluding steroid dienone is 4. The average molecular weight is 447 g/mol. The minimum Gasteiger partial charge on any atom is -0.380 e. The van der Waals surface area contributed by atoms with E-state index in [1.165, 1.54) is 19.3 Å². The Labute approximate surface area is 178 Å². The van der Waals surface area contributed by atoms with Crippen LogP contribution in [-0.4, -0.2) is 13.9 Å². The van der Waals surface area contributed by atoms with Crippen molar-refractivity contribution < 1.29 is 25.8 Å². The van der Waals surface area contributed by atoms with E-state index in [4.69, 9.17) is 4.18 Å². The van der Waals surface area contributed by atoms with E-state index in [9.17, 15) is 21.6 Å². The molecular formula is C23H33F3O3S. The summed E-state index contributed by atoms with van der Waals surface area (Å²) in [6, 6.07) is 0. The number of halogens is 3. The molecule has 170 valence electrons. The quantitative estimate of drug-likeness (QED) is 0.268. The monoisotopic (exact) mass is 446 g/mol. The minimum atomic E-state index is -5.63. The van der Waals surface area contributed by atoms with E-state index in [0.717, 1.165) is 25.7 Å². The first-order valence-electron chi connectivity index (χ1n) is 11.3. The first kappa shape index (κ1) is 22.2. The molecule has 7 heteroatoms. The molecule has 0 radical (unpaired) electrons. The molecule has 0 spiro atoms. The second kappa shape index (κ2) is 7.28. The number of rotatable bonds is 2. The molecule has 2 fully saturated rings. The first-order chi connectivity index (χ1) is 13.9. The molecule has 6 atom stereocenters. The minimum absolute atomic E-state index is 0.00313. The van der Waals surface area contributed by atoms with Crippen molar-refractivity contribution in [1.29, 1.82) is 0 Å². The molecule has 0 aliphatic heterocycles. The van der Waals surface area contributed by atoms with Gasteiger partial charge in [0.25, 0.3) is 0 Å². The summed E-state index contributed by atoms with van der Waals surface area (Å²) in [6.07, 6.45) is 13.2. The van der Waals surface area contributed by atoms with Crippen LogP contribution < -0.4 is 0 Å². The fraction of sp³-hybridized carbons (Fsp3) is 0.826. The lowest BCUT2D eigenvalue weighted by atomic mass is 9.49. The van der Waals surface area contributed by atoms with Crippen LogP contribution in [0.2, 0.25) is 0 Å². The van der Waals surface area contributed by atoms with Crippen molar-refractivity contribution in [2.45, 2.75) is 84.1 Å². The highest BCUT2D eigenvalue weighted by Crippen LogP contribution is 2.65. The van der Waals surface area contributed by atoms with Gasteiger partial charge in [-0.15, -0.1) is 0 Å². The molecule has 4 rings (SSSR count). The van der Waals surface area contributed by atoms with E-state index in [1.54, 1.807) is 11.6 Å². The number of hydrogen-bond acceptors (Lipinski definition) is 3. The summed E-state index contributed by atoms with van der Waals surface area (Å²) >= 11 is 0. The average Bonchev–Trinajstić information content (AvgIpc) is 2.95. The molecule has 0 amide bonds. The largest absolute Gasteiger partial charge is 0.534 e. The zero-order valence-electron chi connectivity index (χ0n) is 18.1. The van der Waals surface area contributed by atoms with Gasteiger partial charge in [0.15, 0.2) is 0 Å². The Kier molecular flexibility index (Phi) is 5.39. The summed E-state index contributed by atoms with van der Waals surface area (Å²) in [5.41, 5.74) is -4.56. The van der Waals surface area contributed by atoms with Gasteiger partial charge < -0.3 is 4.18 Å². The summed E-state index contributed by atoms with van der Waals surface area (Å²) in [4.78, 5) is 0. The third-order valence-corrected chi connectivity index (χ3v) is 9.84. The molecule has 4 aliphatic rings. The van der Waals surface area contributed by atoms with Crippen LogP contribution >= 0.6 is 0 Å². The maximum absolute atomic E-state index is 12.9. The molecule has 0 heterocycles. The van der Waals surface area contributed by atoms with Gasteiger partial charge in [-0.25, -0.2) is 0 Å². The molecule has 2 unspecified atom stereocenters. The third-order valence-electron chi connectivity index (χ3n) is 8.88. The molecule has 0 saturated heterocycles. The summed E-state index contributed by atoms with van der Waals surface area (Å²) < 4.78 is 66.8. The maximum Gasteiger partial charge on any atom is 0.534 e. The molecule has 0 aromatic rings. The predicted molar refractivity (Wildman–Crippen MR) is 110 cm³/mol. The molecule has 0 aromatic carbocycles. The number of hydrogen-bond donors (Lipinski definition) is 0. The van der Waals surface area contributed by atoms with Gasteiger partial charge in [0.2, 0.25) is 0 Å². The number of fused-ring (bicyclic) bond motifs is 4. The lowest BCUT2D eigenvalue weighted by Crippen LogP contribution is -2.48. The molecule has 0 bridgehead atoms. The van der Waals surface area contributed by atoms with Crippen LogP contribution in [0.25, 0.3) is 0 Å². The van der Waals surface area contributed by atoms with Gasteiger partial charge >= 0.3 is 15.6 Å². The first-order valence-corrected chi connectivity index (χ1v) is 12.7. The summed E-state index contributed by atoms with van der Waals surface area (Å²) in [7, 11) is -5.63. The van der Waals surface area contributed by atoms with Crippen LogP contribution in [-0.2, 0) is 14.3 Å². The van der Waals surface area contributed by atoms with E-state index in [0.29, 0.717) is 30.6 Å². The van der Waals surface area contributed by atoms with E-state index in [-0.39, 0.29) is 17.1 Å². The maximum atomic E-state index is 12.9. The van der Waals surface area contributed by atoms with E-state index < -0.39 is 21.0 Å². The van der Waals surface area contributed by atoms with Crippen LogP contribution in [0, 0.1) is 34.5 Å². The SMILES string of the molecule is C[C@H]1CC[C@H]2CCC3CC[C@]4(C)C(OS(=O)(=O)C(F)(F)F)=CCC4[C@]3(C)CC=C2C1. The second-order valence-electron chi connectivity index (χ2n) is 10.6. The lowest BCUT2D eigenvalue weighted by Gasteiger charge is -2.55. The molecule has 0 N–H and O–H groups in total. The van der Waals surface area contributed by atoms with Gasteiger partial charge in [-0.1, -0.05) is 32.4 Å². The summed E-state index contributed by atoms with van der Waals surface area (Å²) in [5, 5.41) is 0.